The Hall–Kier alpha value is -3.34. The summed E-state index contributed by atoms with van der Waals surface area (Å²) in [6.45, 7) is 3.47. The van der Waals surface area contributed by atoms with Crippen molar-refractivity contribution in [3.05, 3.63) is 78.1 Å². The van der Waals surface area contributed by atoms with E-state index in [2.05, 4.69) is 17.1 Å². The highest BCUT2D eigenvalue weighted by atomic mass is 16.5. The van der Waals surface area contributed by atoms with Crippen molar-refractivity contribution < 1.29 is 19.0 Å². The third-order valence-electron chi connectivity index (χ3n) is 5.71. The van der Waals surface area contributed by atoms with Crippen molar-refractivity contribution in [2.45, 2.75) is 38.5 Å². The largest absolute Gasteiger partial charge is 0.493 e. The lowest BCUT2D eigenvalue weighted by Gasteiger charge is -2.12. The van der Waals surface area contributed by atoms with Crippen LogP contribution in [0, 0.1) is 0 Å². The monoisotopic (exact) mass is 431 g/mol. The van der Waals surface area contributed by atoms with Gasteiger partial charge < -0.3 is 14.2 Å². The molecule has 1 heterocycles. The van der Waals surface area contributed by atoms with E-state index in [4.69, 9.17) is 14.2 Å². The van der Waals surface area contributed by atoms with Gasteiger partial charge in [-0.25, -0.2) is 0 Å². The highest BCUT2D eigenvalue weighted by Crippen LogP contribution is 2.37. The molecule has 32 heavy (non-hydrogen) atoms. The maximum absolute atomic E-state index is 11.8. The summed E-state index contributed by atoms with van der Waals surface area (Å²) in [5.41, 5.74) is 4.74. The summed E-state index contributed by atoms with van der Waals surface area (Å²) in [6.07, 6.45) is 6.86. The molecule has 0 N–H and O–H groups in total. The number of pyridine rings is 1. The van der Waals surface area contributed by atoms with Gasteiger partial charge >= 0.3 is 5.97 Å². The lowest BCUT2D eigenvalue weighted by Crippen LogP contribution is -2.08. The fourth-order valence-corrected chi connectivity index (χ4v) is 4.12. The van der Waals surface area contributed by atoms with E-state index in [1.807, 2.05) is 55.6 Å². The van der Waals surface area contributed by atoms with Gasteiger partial charge in [0.1, 0.15) is 11.5 Å². The number of benzene rings is 2. The molecular weight excluding hydrogens is 402 g/mol. The van der Waals surface area contributed by atoms with Crippen molar-refractivity contribution >= 4 is 5.97 Å². The molecule has 3 aromatic rings. The number of esters is 1. The summed E-state index contributed by atoms with van der Waals surface area (Å²) < 4.78 is 16.9. The summed E-state index contributed by atoms with van der Waals surface area (Å²) >= 11 is 0. The second-order valence-corrected chi connectivity index (χ2v) is 7.92. The zero-order valence-corrected chi connectivity index (χ0v) is 18.5. The maximum Gasteiger partial charge on any atom is 0.306 e. The summed E-state index contributed by atoms with van der Waals surface area (Å²) in [5.74, 6) is 1.87. The first kappa shape index (κ1) is 21.9. The van der Waals surface area contributed by atoms with Crippen molar-refractivity contribution in [3.8, 4) is 22.6 Å². The van der Waals surface area contributed by atoms with Gasteiger partial charge in [-0.2, -0.15) is 0 Å². The van der Waals surface area contributed by atoms with Crippen LogP contribution in [0.4, 0.5) is 0 Å². The van der Waals surface area contributed by atoms with Gasteiger partial charge in [0.2, 0.25) is 0 Å². The van der Waals surface area contributed by atoms with Crippen molar-refractivity contribution in [1.82, 2.24) is 4.98 Å². The van der Waals surface area contributed by atoms with Crippen LogP contribution in [0.15, 0.2) is 67.0 Å². The number of ether oxygens (including phenoxy) is 3. The number of hydrogen-bond donors (Lipinski definition) is 0. The van der Waals surface area contributed by atoms with Gasteiger partial charge in [0.25, 0.3) is 0 Å². The first-order valence-corrected chi connectivity index (χ1v) is 11.3. The molecule has 0 spiro atoms. The molecule has 1 aromatic heterocycles. The molecule has 1 aliphatic rings. The highest BCUT2D eigenvalue weighted by Gasteiger charge is 2.25. The molecule has 0 bridgehead atoms. The average Bonchev–Trinajstić information content (AvgIpc) is 3.22. The Labute approximate surface area is 189 Å². The predicted molar refractivity (Wildman–Crippen MR) is 124 cm³/mol. The Morgan fingerprint density at radius 3 is 2.53 bits per heavy atom. The Morgan fingerprint density at radius 1 is 1.00 bits per heavy atom. The summed E-state index contributed by atoms with van der Waals surface area (Å²) in [6, 6.07) is 18.2. The van der Waals surface area contributed by atoms with Crippen molar-refractivity contribution in [1.29, 1.82) is 0 Å². The van der Waals surface area contributed by atoms with E-state index in [1.54, 1.807) is 6.20 Å². The zero-order chi connectivity index (χ0) is 22.2. The Kier molecular flexibility index (Phi) is 7.38. The molecule has 0 aliphatic heterocycles. The van der Waals surface area contributed by atoms with Gasteiger partial charge in [0.15, 0.2) is 0 Å². The molecule has 4 rings (SSSR count). The van der Waals surface area contributed by atoms with Crippen molar-refractivity contribution in [2.24, 2.45) is 0 Å². The predicted octanol–water partition coefficient (Wildman–Crippen LogP) is 5.58. The van der Waals surface area contributed by atoms with Gasteiger partial charge in [0, 0.05) is 18.8 Å². The molecule has 0 fully saturated rings. The molecule has 0 radical (unpaired) electrons. The molecule has 1 aliphatic carbocycles. The second kappa shape index (κ2) is 10.8. The van der Waals surface area contributed by atoms with Crippen LogP contribution in [0.1, 0.15) is 43.2 Å². The number of fused-ring (bicyclic) bond motifs is 1. The van der Waals surface area contributed by atoms with Gasteiger partial charge in [0.05, 0.1) is 26.2 Å². The molecule has 166 valence electrons. The molecule has 0 saturated heterocycles. The molecule has 0 unspecified atom stereocenters. The standard InChI is InChI=1S/C27H29NO4/c1-2-30-27(29)18-22-7-6-21-17-25(12-13-26(21)22)32-16-4-15-31-24-10-8-20(9-11-24)23-5-3-14-28-19-23/h3,5,8-14,17,19,22H,2,4,6-7,15-16,18H2,1H3/t22-/m0/s1. The van der Waals surface area contributed by atoms with Crippen LogP contribution < -0.4 is 9.47 Å². The lowest BCUT2D eigenvalue weighted by atomic mass is 9.98. The number of hydrogen-bond acceptors (Lipinski definition) is 5. The van der Waals surface area contributed by atoms with Crippen LogP contribution in [0.25, 0.3) is 11.1 Å². The Bertz CT molecular complexity index is 1020. The van der Waals surface area contributed by atoms with Crippen LogP contribution >= 0.6 is 0 Å². The van der Waals surface area contributed by atoms with Gasteiger partial charge in [-0.1, -0.05) is 24.3 Å². The molecule has 5 heteroatoms. The summed E-state index contributed by atoms with van der Waals surface area (Å²) in [7, 11) is 0. The Balaban J connectivity index is 1.20. The van der Waals surface area contributed by atoms with Crippen LogP contribution in [0.3, 0.4) is 0 Å². The summed E-state index contributed by atoms with van der Waals surface area (Å²) in [4.78, 5) is 16.0. The molecule has 0 amide bonds. The van der Waals surface area contributed by atoms with E-state index in [-0.39, 0.29) is 11.9 Å². The van der Waals surface area contributed by atoms with E-state index in [9.17, 15) is 4.79 Å². The van der Waals surface area contributed by atoms with Crippen LogP contribution in [0.5, 0.6) is 11.5 Å². The number of carbonyl (C=O) groups excluding carboxylic acids is 1. The SMILES string of the molecule is CCOC(=O)C[C@@H]1CCc2cc(OCCCOc3ccc(-c4cccnc4)cc3)ccc21. The quantitative estimate of drug-likeness (QED) is 0.310. The third kappa shape index (κ3) is 5.67. The van der Waals surface area contributed by atoms with Gasteiger partial charge in [-0.05, 0) is 78.3 Å². The number of aromatic nitrogens is 1. The number of rotatable bonds is 10. The van der Waals surface area contributed by atoms with Crippen LogP contribution in [-0.4, -0.2) is 30.8 Å². The molecule has 0 saturated carbocycles. The van der Waals surface area contributed by atoms with E-state index in [0.29, 0.717) is 26.2 Å². The fourth-order valence-electron chi connectivity index (χ4n) is 4.12. The van der Waals surface area contributed by atoms with Crippen LogP contribution in [0.2, 0.25) is 0 Å². The minimum atomic E-state index is -0.114. The number of nitrogens with zero attached hydrogens (tertiary/aromatic N) is 1. The van der Waals surface area contributed by atoms with E-state index in [0.717, 1.165) is 41.9 Å². The molecule has 2 aromatic carbocycles. The molecule has 5 nitrogen and oxygen atoms in total. The first-order valence-electron chi connectivity index (χ1n) is 11.3. The van der Waals surface area contributed by atoms with Crippen molar-refractivity contribution in [3.63, 3.8) is 0 Å². The minimum absolute atomic E-state index is 0.114. The minimum Gasteiger partial charge on any atom is -0.493 e. The first-order chi connectivity index (χ1) is 15.7. The maximum atomic E-state index is 11.8. The highest BCUT2D eigenvalue weighted by molar-refractivity contribution is 5.71. The average molecular weight is 432 g/mol. The van der Waals surface area contributed by atoms with E-state index < -0.39 is 0 Å². The number of aryl methyl sites for hydroxylation is 1. The summed E-state index contributed by atoms with van der Waals surface area (Å²) in [5, 5.41) is 0. The Morgan fingerprint density at radius 2 is 1.78 bits per heavy atom. The smallest absolute Gasteiger partial charge is 0.306 e. The molecular formula is C27H29NO4. The topological polar surface area (TPSA) is 57.7 Å². The molecule has 1 atom stereocenters. The third-order valence-corrected chi connectivity index (χ3v) is 5.71. The lowest BCUT2D eigenvalue weighted by molar-refractivity contribution is -0.143. The van der Waals surface area contributed by atoms with Crippen molar-refractivity contribution in [2.75, 3.05) is 19.8 Å². The second-order valence-electron chi connectivity index (χ2n) is 7.92. The van der Waals surface area contributed by atoms with E-state index in [1.165, 1.54) is 11.1 Å². The number of carbonyl (C=O) groups is 1. The zero-order valence-electron chi connectivity index (χ0n) is 18.5. The fraction of sp³-hybridized carbons (Fsp3) is 0.333. The normalized spacial score (nSPS) is 14.6. The van der Waals surface area contributed by atoms with Gasteiger partial charge in [-0.3, -0.25) is 9.78 Å². The van der Waals surface area contributed by atoms with Gasteiger partial charge in [-0.15, -0.1) is 0 Å². The van der Waals surface area contributed by atoms with Crippen LogP contribution in [-0.2, 0) is 16.0 Å². The van der Waals surface area contributed by atoms with E-state index >= 15 is 0 Å².